The van der Waals surface area contributed by atoms with Crippen LogP contribution in [-0.2, 0) is 0 Å². The lowest BCUT2D eigenvalue weighted by Crippen LogP contribution is -2.21. The Labute approximate surface area is 103 Å². The fourth-order valence-corrected chi connectivity index (χ4v) is 1.25. The molecule has 0 radical (unpaired) electrons. The topological polar surface area (TPSA) is 139 Å². The Kier molecular flexibility index (Phi) is 5.34. The number of phenolic OH excluding ortho intramolecular Hbond substituents is 1. The van der Waals surface area contributed by atoms with Gasteiger partial charge in [0.25, 0.3) is 0 Å². The lowest BCUT2D eigenvalue weighted by molar-refractivity contribution is -0.386. The van der Waals surface area contributed by atoms with Gasteiger partial charge in [-0.25, -0.2) is 0 Å². The van der Waals surface area contributed by atoms with Crippen LogP contribution in [0.2, 0.25) is 0 Å². The van der Waals surface area contributed by atoms with Crippen molar-refractivity contribution in [2.24, 2.45) is 11.5 Å². The SMILES string of the molecule is Cl.N#Cc1cc([C@H](N)CN)c(O)c([N+](=O)[O-])c1. The molecule has 8 heteroatoms. The first kappa shape index (κ1) is 15.1. The second-order valence-electron chi connectivity index (χ2n) is 3.14. The number of rotatable bonds is 3. The molecule has 7 nitrogen and oxygen atoms in total. The van der Waals surface area contributed by atoms with E-state index in [1.165, 1.54) is 6.07 Å². The van der Waals surface area contributed by atoms with Crippen molar-refractivity contribution in [3.63, 3.8) is 0 Å². The molecule has 0 bridgehead atoms. The number of nitriles is 1. The Morgan fingerprint density at radius 3 is 2.59 bits per heavy atom. The van der Waals surface area contributed by atoms with Gasteiger partial charge in [-0.05, 0) is 6.07 Å². The van der Waals surface area contributed by atoms with Crippen LogP contribution in [-0.4, -0.2) is 16.6 Å². The van der Waals surface area contributed by atoms with Crippen LogP contribution >= 0.6 is 12.4 Å². The molecule has 17 heavy (non-hydrogen) atoms. The average molecular weight is 259 g/mol. The van der Waals surface area contributed by atoms with Crippen LogP contribution in [0.3, 0.4) is 0 Å². The molecule has 1 aromatic rings. The summed E-state index contributed by atoms with van der Waals surface area (Å²) >= 11 is 0. The van der Waals surface area contributed by atoms with Gasteiger partial charge in [0, 0.05) is 24.2 Å². The van der Waals surface area contributed by atoms with Crippen molar-refractivity contribution in [2.75, 3.05) is 6.54 Å². The fraction of sp³-hybridized carbons (Fsp3) is 0.222. The van der Waals surface area contributed by atoms with Crippen molar-refractivity contribution in [1.29, 1.82) is 5.26 Å². The monoisotopic (exact) mass is 258 g/mol. The molecule has 0 saturated heterocycles. The zero-order valence-corrected chi connectivity index (χ0v) is 9.48. The van der Waals surface area contributed by atoms with Crippen molar-refractivity contribution < 1.29 is 10.0 Å². The molecule has 0 heterocycles. The van der Waals surface area contributed by atoms with Crippen LogP contribution < -0.4 is 11.5 Å². The molecule has 0 aliphatic carbocycles. The van der Waals surface area contributed by atoms with Gasteiger partial charge in [-0.2, -0.15) is 5.26 Å². The van der Waals surface area contributed by atoms with Crippen LogP contribution in [0, 0.1) is 21.4 Å². The molecule has 0 saturated carbocycles. The number of nitrogens with two attached hydrogens (primary N) is 2. The highest BCUT2D eigenvalue weighted by molar-refractivity contribution is 5.85. The van der Waals surface area contributed by atoms with Gasteiger partial charge in [-0.15, -0.1) is 12.4 Å². The number of halogens is 1. The Balaban J connectivity index is 0.00000256. The predicted molar refractivity (Wildman–Crippen MR) is 62.7 cm³/mol. The average Bonchev–Trinajstić information content (AvgIpc) is 2.28. The van der Waals surface area contributed by atoms with Gasteiger partial charge >= 0.3 is 5.69 Å². The van der Waals surface area contributed by atoms with Gasteiger partial charge in [0.15, 0.2) is 5.75 Å². The number of phenols is 1. The Bertz CT molecular complexity index is 472. The first-order valence-corrected chi connectivity index (χ1v) is 4.38. The maximum atomic E-state index is 10.6. The third kappa shape index (κ3) is 3.04. The molecule has 5 N–H and O–H groups in total. The minimum Gasteiger partial charge on any atom is -0.502 e. The smallest absolute Gasteiger partial charge is 0.312 e. The minimum atomic E-state index is -0.775. The Morgan fingerprint density at radius 1 is 1.59 bits per heavy atom. The molecule has 0 aliphatic heterocycles. The van der Waals surface area contributed by atoms with E-state index in [0.29, 0.717) is 0 Å². The number of nitrogens with zero attached hydrogens (tertiary/aromatic N) is 2. The first-order chi connectivity index (χ1) is 7.51. The van der Waals surface area contributed by atoms with Crippen LogP contribution in [0.5, 0.6) is 5.75 Å². The van der Waals surface area contributed by atoms with Gasteiger partial charge < -0.3 is 16.6 Å². The number of nitro groups is 1. The molecular weight excluding hydrogens is 248 g/mol. The molecule has 0 unspecified atom stereocenters. The fourth-order valence-electron chi connectivity index (χ4n) is 1.25. The van der Waals surface area contributed by atoms with E-state index in [1.807, 2.05) is 0 Å². The molecule has 92 valence electrons. The lowest BCUT2D eigenvalue weighted by atomic mass is 10.0. The van der Waals surface area contributed by atoms with Crippen LogP contribution in [0.25, 0.3) is 0 Å². The zero-order chi connectivity index (χ0) is 12.3. The van der Waals surface area contributed by atoms with E-state index < -0.39 is 22.4 Å². The standard InChI is InChI=1S/C9H10N4O3.ClH/c10-3-5-1-6(7(12)4-11)9(14)8(2-5)13(15)16;/h1-2,7,14H,4,11-12H2;1H/t7-;/m1./s1. The summed E-state index contributed by atoms with van der Waals surface area (Å²) in [6.45, 7) is 0.0135. The Hall–Kier alpha value is -1.88. The van der Waals surface area contributed by atoms with Crippen LogP contribution in [0.4, 0.5) is 5.69 Å². The van der Waals surface area contributed by atoms with Crippen molar-refractivity contribution >= 4 is 18.1 Å². The summed E-state index contributed by atoms with van der Waals surface area (Å²) in [5.74, 6) is -0.540. The number of benzene rings is 1. The van der Waals surface area contributed by atoms with Crippen molar-refractivity contribution in [3.05, 3.63) is 33.4 Å². The van der Waals surface area contributed by atoms with Gasteiger partial charge in [-0.1, -0.05) is 0 Å². The van der Waals surface area contributed by atoms with E-state index in [1.54, 1.807) is 6.07 Å². The third-order valence-electron chi connectivity index (χ3n) is 2.10. The summed E-state index contributed by atoms with van der Waals surface area (Å²) in [4.78, 5) is 9.84. The van der Waals surface area contributed by atoms with E-state index >= 15 is 0 Å². The predicted octanol–water partition coefficient (Wildman–Crippen LogP) is 0.552. The van der Waals surface area contributed by atoms with E-state index in [4.69, 9.17) is 16.7 Å². The molecular formula is C9H11ClN4O3. The highest BCUT2D eigenvalue weighted by Crippen LogP contribution is 2.33. The van der Waals surface area contributed by atoms with Crippen molar-refractivity contribution in [1.82, 2.24) is 0 Å². The molecule has 0 spiro atoms. The minimum absolute atomic E-state index is 0. The van der Waals surface area contributed by atoms with Gasteiger partial charge in [0.2, 0.25) is 0 Å². The zero-order valence-electron chi connectivity index (χ0n) is 8.66. The molecule has 1 atom stereocenters. The van der Waals surface area contributed by atoms with Crippen LogP contribution in [0.1, 0.15) is 17.2 Å². The maximum Gasteiger partial charge on any atom is 0.312 e. The number of hydrogen-bond acceptors (Lipinski definition) is 6. The summed E-state index contributed by atoms with van der Waals surface area (Å²) in [7, 11) is 0. The second kappa shape index (κ2) is 6.00. The van der Waals surface area contributed by atoms with Gasteiger partial charge in [0.1, 0.15) is 0 Å². The van der Waals surface area contributed by atoms with Gasteiger partial charge in [-0.3, -0.25) is 10.1 Å². The summed E-state index contributed by atoms with van der Waals surface area (Å²) < 4.78 is 0. The highest BCUT2D eigenvalue weighted by Gasteiger charge is 2.21. The highest BCUT2D eigenvalue weighted by atomic mass is 35.5. The Morgan fingerprint density at radius 2 is 2.18 bits per heavy atom. The van der Waals surface area contributed by atoms with Crippen molar-refractivity contribution in [3.8, 4) is 11.8 Å². The van der Waals surface area contributed by atoms with E-state index in [0.717, 1.165) is 6.07 Å². The molecule has 1 aromatic carbocycles. The first-order valence-electron chi connectivity index (χ1n) is 4.38. The number of hydrogen-bond donors (Lipinski definition) is 3. The molecule has 0 aliphatic rings. The summed E-state index contributed by atoms with van der Waals surface area (Å²) in [5, 5.41) is 28.9. The quantitative estimate of drug-likeness (QED) is 0.534. The second-order valence-corrected chi connectivity index (χ2v) is 3.14. The van der Waals surface area contributed by atoms with Crippen LogP contribution in [0.15, 0.2) is 12.1 Å². The summed E-state index contributed by atoms with van der Waals surface area (Å²) in [6.07, 6.45) is 0. The largest absolute Gasteiger partial charge is 0.502 e. The van der Waals surface area contributed by atoms with Crippen molar-refractivity contribution in [2.45, 2.75) is 6.04 Å². The summed E-state index contributed by atoms with van der Waals surface area (Å²) in [5.41, 5.74) is 10.5. The third-order valence-corrected chi connectivity index (χ3v) is 2.10. The normalized spacial score (nSPS) is 11.1. The van der Waals surface area contributed by atoms with E-state index in [2.05, 4.69) is 0 Å². The number of nitro benzene ring substituents is 1. The van der Waals surface area contributed by atoms with E-state index in [-0.39, 0.29) is 30.1 Å². The molecule has 0 amide bonds. The molecule has 1 rings (SSSR count). The molecule has 0 fully saturated rings. The van der Waals surface area contributed by atoms with Gasteiger partial charge in [0.05, 0.1) is 16.6 Å². The molecule has 0 aromatic heterocycles. The van der Waals surface area contributed by atoms with E-state index in [9.17, 15) is 15.2 Å². The maximum absolute atomic E-state index is 10.6. The summed E-state index contributed by atoms with van der Waals surface area (Å²) in [6, 6.07) is 3.29. The lowest BCUT2D eigenvalue weighted by Gasteiger charge is -2.11. The number of aromatic hydroxyl groups is 1.